The summed E-state index contributed by atoms with van der Waals surface area (Å²) in [6.45, 7) is 6.84. The number of nitrogens with one attached hydrogen (secondary N) is 1. The predicted molar refractivity (Wildman–Crippen MR) is 75.6 cm³/mol. The third kappa shape index (κ3) is 2.86. The van der Waals surface area contributed by atoms with Crippen molar-refractivity contribution in [1.82, 2.24) is 5.32 Å². The number of phenolic OH excluding ortho intramolecular Hbond substituents is 1. The van der Waals surface area contributed by atoms with E-state index in [2.05, 4.69) is 32.2 Å². The maximum absolute atomic E-state index is 9.53. The molecule has 2 heteroatoms. The minimum absolute atomic E-state index is 0.306. The van der Waals surface area contributed by atoms with E-state index in [0.29, 0.717) is 17.8 Å². The molecule has 1 fully saturated rings. The second-order valence-corrected chi connectivity index (χ2v) is 5.69. The third-order valence-electron chi connectivity index (χ3n) is 4.59. The molecule has 0 aromatic heterocycles. The van der Waals surface area contributed by atoms with Gasteiger partial charge in [-0.15, -0.1) is 0 Å². The van der Waals surface area contributed by atoms with Crippen molar-refractivity contribution in [3.8, 4) is 5.75 Å². The van der Waals surface area contributed by atoms with E-state index >= 15 is 0 Å². The number of phenols is 1. The van der Waals surface area contributed by atoms with Gasteiger partial charge in [0.05, 0.1) is 0 Å². The highest BCUT2D eigenvalue weighted by molar-refractivity contribution is 5.29. The Morgan fingerprint density at radius 2 is 2.17 bits per heavy atom. The van der Waals surface area contributed by atoms with Gasteiger partial charge in [0.25, 0.3) is 0 Å². The third-order valence-corrected chi connectivity index (χ3v) is 4.59. The Morgan fingerprint density at radius 3 is 2.78 bits per heavy atom. The lowest BCUT2D eigenvalue weighted by molar-refractivity contribution is 0.327. The average Bonchev–Trinajstić information content (AvgIpc) is 2.70. The van der Waals surface area contributed by atoms with E-state index in [0.717, 1.165) is 11.8 Å². The van der Waals surface area contributed by atoms with Crippen LogP contribution in [-0.4, -0.2) is 11.1 Å². The van der Waals surface area contributed by atoms with Crippen LogP contribution in [0.25, 0.3) is 0 Å². The van der Waals surface area contributed by atoms with Crippen molar-refractivity contribution in [3.05, 3.63) is 29.8 Å². The van der Waals surface area contributed by atoms with Crippen LogP contribution in [0.2, 0.25) is 0 Å². The zero-order chi connectivity index (χ0) is 13.1. The van der Waals surface area contributed by atoms with E-state index in [1.807, 2.05) is 12.1 Å². The van der Waals surface area contributed by atoms with Gasteiger partial charge in [0.1, 0.15) is 5.75 Å². The highest BCUT2D eigenvalue weighted by Gasteiger charge is 2.32. The second kappa shape index (κ2) is 5.75. The molecule has 0 aliphatic heterocycles. The maximum Gasteiger partial charge on any atom is 0.115 e. The van der Waals surface area contributed by atoms with Crippen molar-refractivity contribution in [2.45, 2.75) is 52.1 Å². The normalized spacial score (nSPS) is 29.4. The van der Waals surface area contributed by atoms with Crippen LogP contribution in [0.15, 0.2) is 24.3 Å². The first kappa shape index (κ1) is 13.4. The first-order valence-electron chi connectivity index (χ1n) is 7.16. The molecule has 0 radical (unpaired) electrons. The smallest absolute Gasteiger partial charge is 0.115 e. The van der Waals surface area contributed by atoms with Crippen LogP contribution in [0, 0.1) is 11.8 Å². The molecule has 4 atom stereocenters. The molecule has 0 heterocycles. The first-order chi connectivity index (χ1) is 8.61. The lowest BCUT2D eigenvalue weighted by Crippen LogP contribution is -2.34. The summed E-state index contributed by atoms with van der Waals surface area (Å²) in [5.74, 6) is 1.99. The van der Waals surface area contributed by atoms with Crippen LogP contribution >= 0.6 is 0 Å². The topological polar surface area (TPSA) is 32.3 Å². The van der Waals surface area contributed by atoms with Gasteiger partial charge in [0, 0.05) is 12.1 Å². The molecule has 0 spiro atoms. The number of hydrogen-bond acceptors (Lipinski definition) is 2. The Morgan fingerprint density at radius 1 is 1.39 bits per heavy atom. The highest BCUT2D eigenvalue weighted by Crippen LogP contribution is 2.35. The average molecular weight is 247 g/mol. The summed E-state index contributed by atoms with van der Waals surface area (Å²) in [7, 11) is 0. The first-order valence-corrected chi connectivity index (χ1v) is 7.16. The van der Waals surface area contributed by atoms with Crippen molar-refractivity contribution in [3.63, 3.8) is 0 Å². The fourth-order valence-electron chi connectivity index (χ4n) is 3.27. The Labute approximate surface area is 110 Å². The van der Waals surface area contributed by atoms with Gasteiger partial charge in [0.2, 0.25) is 0 Å². The summed E-state index contributed by atoms with van der Waals surface area (Å²) in [4.78, 5) is 0. The fourth-order valence-corrected chi connectivity index (χ4v) is 3.27. The second-order valence-electron chi connectivity index (χ2n) is 5.69. The molecular formula is C16H25NO. The summed E-state index contributed by atoms with van der Waals surface area (Å²) in [5.41, 5.74) is 1.17. The van der Waals surface area contributed by atoms with Crippen molar-refractivity contribution in [2.24, 2.45) is 11.8 Å². The number of hydrogen-bond donors (Lipinski definition) is 2. The Hall–Kier alpha value is -1.02. The largest absolute Gasteiger partial charge is 0.508 e. The quantitative estimate of drug-likeness (QED) is 0.846. The molecule has 100 valence electrons. The van der Waals surface area contributed by atoms with Crippen molar-refractivity contribution >= 4 is 0 Å². The van der Waals surface area contributed by atoms with Crippen LogP contribution in [-0.2, 0) is 0 Å². The summed E-state index contributed by atoms with van der Waals surface area (Å²) in [5, 5.41) is 13.3. The summed E-state index contributed by atoms with van der Waals surface area (Å²) in [6.07, 6.45) is 3.92. The summed E-state index contributed by atoms with van der Waals surface area (Å²) < 4.78 is 0. The molecule has 1 aliphatic rings. The molecule has 1 aliphatic carbocycles. The zero-order valence-electron chi connectivity index (χ0n) is 11.7. The van der Waals surface area contributed by atoms with E-state index < -0.39 is 0 Å². The van der Waals surface area contributed by atoms with E-state index in [-0.39, 0.29) is 0 Å². The summed E-state index contributed by atoms with van der Waals surface area (Å²) >= 11 is 0. The minimum atomic E-state index is 0.306. The van der Waals surface area contributed by atoms with E-state index in [1.165, 1.54) is 24.8 Å². The Balaban J connectivity index is 1.98. The van der Waals surface area contributed by atoms with Crippen molar-refractivity contribution in [1.29, 1.82) is 0 Å². The highest BCUT2D eigenvalue weighted by atomic mass is 16.3. The van der Waals surface area contributed by atoms with E-state index in [4.69, 9.17) is 0 Å². The molecule has 1 aromatic carbocycles. The summed E-state index contributed by atoms with van der Waals surface area (Å²) in [6, 6.07) is 8.49. The monoisotopic (exact) mass is 247 g/mol. The van der Waals surface area contributed by atoms with Crippen LogP contribution in [0.3, 0.4) is 0 Å². The lowest BCUT2D eigenvalue weighted by atomic mass is 9.93. The Kier molecular flexibility index (Phi) is 4.28. The Bertz CT molecular complexity index is 390. The molecule has 2 nitrogen and oxygen atoms in total. The van der Waals surface area contributed by atoms with Crippen LogP contribution in [0.5, 0.6) is 5.75 Å². The van der Waals surface area contributed by atoms with Crippen molar-refractivity contribution < 1.29 is 5.11 Å². The number of aromatic hydroxyl groups is 1. The van der Waals surface area contributed by atoms with Gasteiger partial charge in [-0.1, -0.05) is 32.4 Å². The van der Waals surface area contributed by atoms with Gasteiger partial charge in [-0.05, 0) is 49.3 Å². The van der Waals surface area contributed by atoms with Gasteiger partial charge < -0.3 is 10.4 Å². The molecule has 0 amide bonds. The lowest BCUT2D eigenvalue weighted by Gasteiger charge is -2.25. The molecule has 4 unspecified atom stereocenters. The molecule has 0 bridgehead atoms. The number of rotatable bonds is 4. The predicted octanol–water partition coefficient (Wildman–Crippen LogP) is 3.87. The molecule has 0 saturated heterocycles. The molecule has 1 saturated carbocycles. The fraction of sp³-hybridized carbons (Fsp3) is 0.625. The van der Waals surface area contributed by atoms with Gasteiger partial charge in [-0.2, -0.15) is 0 Å². The van der Waals surface area contributed by atoms with Crippen molar-refractivity contribution in [2.75, 3.05) is 0 Å². The van der Waals surface area contributed by atoms with Gasteiger partial charge in [-0.25, -0.2) is 0 Å². The maximum atomic E-state index is 9.53. The van der Waals surface area contributed by atoms with Crippen LogP contribution in [0.4, 0.5) is 0 Å². The van der Waals surface area contributed by atoms with Gasteiger partial charge in [-0.3, -0.25) is 0 Å². The van der Waals surface area contributed by atoms with Crippen LogP contribution < -0.4 is 5.32 Å². The van der Waals surface area contributed by atoms with E-state index in [1.54, 1.807) is 6.07 Å². The molecular weight excluding hydrogens is 222 g/mol. The molecule has 2 rings (SSSR count). The standard InChI is InChI=1S/C16H25NO/c1-4-13-8-9-16(11(13)2)17-12(3)14-6-5-7-15(18)10-14/h5-7,10-13,16-18H,4,8-9H2,1-3H3. The zero-order valence-corrected chi connectivity index (χ0v) is 11.7. The minimum Gasteiger partial charge on any atom is -0.508 e. The SMILES string of the molecule is CCC1CCC(NC(C)c2cccc(O)c2)C1C. The molecule has 2 N–H and O–H groups in total. The number of benzene rings is 1. The molecule has 1 aromatic rings. The van der Waals surface area contributed by atoms with Gasteiger partial charge in [0.15, 0.2) is 0 Å². The van der Waals surface area contributed by atoms with Gasteiger partial charge >= 0.3 is 0 Å². The molecule has 18 heavy (non-hydrogen) atoms. The van der Waals surface area contributed by atoms with Crippen LogP contribution in [0.1, 0.15) is 51.6 Å². The van der Waals surface area contributed by atoms with E-state index in [9.17, 15) is 5.11 Å².